The van der Waals surface area contributed by atoms with E-state index >= 15 is 0 Å². The molecule has 0 spiro atoms. The predicted molar refractivity (Wildman–Crippen MR) is 122 cm³/mol. The van der Waals surface area contributed by atoms with Gasteiger partial charge in [0.25, 0.3) is 0 Å². The van der Waals surface area contributed by atoms with Gasteiger partial charge < -0.3 is 4.74 Å². The zero-order valence-electron chi connectivity index (χ0n) is 17.7. The van der Waals surface area contributed by atoms with Crippen LogP contribution in [0.2, 0.25) is 0 Å². The van der Waals surface area contributed by atoms with Gasteiger partial charge in [-0.05, 0) is 60.2 Å². The Kier molecular flexibility index (Phi) is 9.20. The molecule has 2 aromatic rings. The van der Waals surface area contributed by atoms with Crippen LogP contribution in [0.15, 0.2) is 76.5 Å². The van der Waals surface area contributed by atoms with E-state index in [-0.39, 0.29) is 0 Å². The Morgan fingerprint density at radius 3 is 2.17 bits per heavy atom. The first-order chi connectivity index (χ1) is 14.0. The molecule has 3 nitrogen and oxygen atoms in total. The summed E-state index contributed by atoms with van der Waals surface area (Å²) in [5, 5.41) is 1.47. The lowest BCUT2D eigenvalue weighted by Crippen LogP contribution is -2.01. The fraction of sp³-hybridized carbons (Fsp3) is 0.360. The molecule has 2 rings (SSSR count). The van der Waals surface area contributed by atoms with Gasteiger partial charge in [-0.3, -0.25) is 0 Å². The van der Waals surface area contributed by atoms with Gasteiger partial charge in [0.15, 0.2) is 9.84 Å². The number of allylic oxidation sites excluding steroid dienone is 3. The molecule has 0 N–H and O–H groups in total. The lowest BCUT2D eigenvalue weighted by molar-refractivity contribution is 0.415. The van der Waals surface area contributed by atoms with Crippen molar-refractivity contribution in [3.63, 3.8) is 0 Å². The van der Waals surface area contributed by atoms with Crippen molar-refractivity contribution < 1.29 is 13.2 Å². The highest BCUT2D eigenvalue weighted by atomic mass is 32.2. The standard InChI is InChI=1S/C25H32O3S/c1-4-6-9-15-25(21-16-18-23(28-3)19-17-21)22(12-7-5-2)20-29(26,27)24-13-10-8-11-14-24/h8,10-11,13-20H,4-7,9,12H2,1-3H3/b22-20+,25-15+. The molecule has 0 amide bonds. The van der Waals surface area contributed by atoms with Crippen LogP contribution in [-0.2, 0) is 9.84 Å². The third-order valence-corrected chi connectivity index (χ3v) is 6.35. The summed E-state index contributed by atoms with van der Waals surface area (Å²) in [6.07, 6.45) is 7.96. The largest absolute Gasteiger partial charge is 0.497 e. The number of benzene rings is 2. The predicted octanol–water partition coefficient (Wildman–Crippen LogP) is 6.82. The molecule has 0 fully saturated rings. The molecule has 0 saturated heterocycles. The molecular formula is C25H32O3S. The van der Waals surface area contributed by atoms with Gasteiger partial charge in [-0.25, -0.2) is 8.42 Å². The summed E-state index contributed by atoms with van der Waals surface area (Å²) < 4.78 is 31.4. The zero-order valence-corrected chi connectivity index (χ0v) is 18.5. The Morgan fingerprint density at radius 2 is 1.59 bits per heavy atom. The number of methoxy groups -OCH3 is 1. The molecule has 0 aliphatic rings. The Balaban J connectivity index is 2.53. The molecule has 0 aliphatic carbocycles. The highest BCUT2D eigenvalue weighted by molar-refractivity contribution is 7.94. The minimum atomic E-state index is -3.51. The van der Waals surface area contributed by atoms with E-state index in [1.165, 1.54) is 5.41 Å². The van der Waals surface area contributed by atoms with Crippen molar-refractivity contribution in [3.05, 3.63) is 77.2 Å². The Morgan fingerprint density at radius 1 is 0.931 bits per heavy atom. The highest BCUT2D eigenvalue weighted by Crippen LogP contribution is 2.31. The quantitative estimate of drug-likeness (QED) is 0.300. The van der Waals surface area contributed by atoms with Gasteiger partial charge in [0, 0.05) is 5.41 Å². The van der Waals surface area contributed by atoms with Crippen molar-refractivity contribution >= 4 is 15.4 Å². The summed E-state index contributed by atoms with van der Waals surface area (Å²) in [4.78, 5) is 0.330. The van der Waals surface area contributed by atoms with Gasteiger partial charge in [-0.2, -0.15) is 0 Å². The Labute approximate surface area is 176 Å². The van der Waals surface area contributed by atoms with Crippen LogP contribution in [0.25, 0.3) is 5.57 Å². The summed E-state index contributed by atoms with van der Waals surface area (Å²) in [7, 11) is -1.87. The van der Waals surface area contributed by atoms with Crippen LogP contribution in [0.1, 0.15) is 57.9 Å². The second kappa shape index (κ2) is 11.6. The van der Waals surface area contributed by atoms with E-state index in [1.54, 1.807) is 31.4 Å². The first kappa shape index (κ1) is 23.0. The minimum Gasteiger partial charge on any atom is -0.497 e. The van der Waals surface area contributed by atoms with E-state index in [0.29, 0.717) is 4.90 Å². The average molecular weight is 413 g/mol. The average Bonchev–Trinajstić information content (AvgIpc) is 2.75. The molecule has 29 heavy (non-hydrogen) atoms. The van der Waals surface area contributed by atoms with Gasteiger partial charge in [0.1, 0.15) is 5.75 Å². The van der Waals surface area contributed by atoms with Crippen LogP contribution in [-0.4, -0.2) is 15.5 Å². The van der Waals surface area contributed by atoms with Crippen molar-refractivity contribution in [1.82, 2.24) is 0 Å². The molecule has 156 valence electrons. The lowest BCUT2D eigenvalue weighted by Gasteiger charge is -2.14. The molecule has 0 aliphatic heterocycles. The monoisotopic (exact) mass is 412 g/mol. The molecule has 0 unspecified atom stereocenters. The maximum Gasteiger partial charge on any atom is 0.200 e. The summed E-state index contributed by atoms with van der Waals surface area (Å²) >= 11 is 0. The van der Waals surface area contributed by atoms with E-state index in [2.05, 4.69) is 19.9 Å². The summed E-state index contributed by atoms with van der Waals surface area (Å²) in [6, 6.07) is 16.5. The minimum absolute atomic E-state index is 0.330. The third-order valence-electron chi connectivity index (χ3n) is 4.82. The molecule has 0 aromatic heterocycles. The normalized spacial score (nSPS) is 12.8. The molecule has 4 heteroatoms. The fourth-order valence-corrected chi connectivity index (χ4v) is 4.44. The molecule has 0 bridgehead atoms. The van der Waals surface area contributed by atoms with Crippen LogP contribution in [0.3, 0.4) is 0 Å². The van der Waals surface area contributed by atoms with Crippen molar-refractivity contribution in [3.8, 4) is 5.75 Å². The van der Waals surface area contributed by atoms with E-state index < -0.39 is 9.84 Å². The first-order valence-corrected chi connectivity index (χ1v) is 11.9. The maximum absolute atomic E-state index is 13.0. The van der Waals surface area contributed by atoms with Crippen LogP contribution >= 0.6 is 0 Å². The van der Waals surface area contributed by atoms with E-state index in [0.717, 1.165) is 61.0 Å². The summed E-state index contributed by atoms with van der Waals surface area (Å²) in [6.45, 7) is 4.28. The first-order valence-electron chi connectivity index (χ1n) is 10.4. The van der Waals surface area contributed by atoms with Gasteiger partial charge in [-0.15, -0.1) is 0 Å². The smallest absolute Gasteiger partial charge is 0.200 e. The molecule has 0 radical (unpaired) electrons. The van der Waals surface area contributed by atoms with Gasteiger partial charge >= 0.3 is 0 Å². The molecule has 2 aromatic carbocycles. The van der Waals surface area contributed by atoms with Crippen LogP contribution in [0.5, 0.6) is 5.75 Å². The Bertz CT molecular complexity index is 908. The van der Waals surface area contributed by atoms with E-state index in [4.69, 9.17) is 4.74 Å². The molecule has 0 heterocycles. The number of hydrogen-bond donors (Lipinski definition) is 0. The maximum atomic E-state index is 13.0. The SMILES string of the molecule is CCCC/C=C(/C(=C/S(=O)(=O)c1ccccc1)CCCC)c1ccc(OC)cc1. The number of hydrogen-bond acceptors (Lipinski definition) is 3. The second-order valence-electron chi connectivity index (χ2n) is 7.09. The van der Waals surface area contributed by atoms with Crippen LogP contribution < -0.4 is 4.74 Å². The van der Waals surface area contributed by atoms with Gasteiger partial charge in [0.2, 0.25) is 0 Å². The van der Waals surface area contributed by atoms with Crippen molar-refractivity contribution in [1.29, 1.82) is 0 Å². The van der Waals surface area contributed by atoms with Crippen LogP contribution in [0, 0.1) is 0 Å². The van der Waals surface area contributed by atoms with Crippen molar-refractivity contribution in [2.75, 3.05) is 7.11 Å². The second-order valence-corrected chi connectivity index (χ2v) is 8.89. The fourth-order valence-electron chi connectivity index (χ4n) is 3.15. The number of ether oxygens (including phenoxy) is 1. The van der Waals surface area contributed by atoms with Gasteiger partial charge in [-0.1, -0.05) is 69.5 Å². The molecular weight excluding hydrogens is 380 g/mol. The molecule has 0 atom stereocenters. The zero-order chi connectivity index (χ0) is 21.1. The van der Waals surface area contributed by atoms with Crippen molar-refractivity contribution in [2.24, 2.45) is 0 Å². The highest BCUT2D eigenvalue weighted by Gasteiger charge is 2.16. The topological polar surface area (TPSA) is 43.4 Å². The van der Waals surface area contributed by atoms with E-state index in [1.807, 2.05) is 30.3 Å². The number of rotatable bonds is 11. The lowest BCUT2D eigenvalue weighted by atomic mass is 9.94. The van der Waals surface area contributed by atoms with Crippen LogP contribution in [0.4, 0.5) is 0 Å². The van der Waals surface area contributed by atoms with Gasteiger partial charge in [0.05, 0.1) is 12.0 Å². The van der Waals surface area contributed by atoms with E-state index in [9.17, 15) is 8.42 Å². The number of unbranched alkanes of at least 4 members (excludes halogenated alkanes) is 3. The summed E-state index contributed by atoms with van der Waals surface area (Å²) in [5.41, 5.74) is 2.90. The third kappa shape index (κ3) is 6.90. The van der Waals surface area contributed by atoms with Crippen molar-refractivity contribution in [2.45, 2.75) is 57.3 Å². The number of sulfone groups is 1. The molecule has 0 saturated carbocycles. The summed E-state index contributed by atoms with van der Waals surface area (Å²) in [5.74, 6) is 0.789. The Hall–Kier alpha value is -2.33.